The summed E-state index contributed by atoms with van der Waals surface area (Å²) in [4.78, 5) is 14.7. The average molecular weight is 322 g/mol. The van der Waals surface area contributed by atoms with Gasteiger partial charge in [-0.05, 0) is 44.5 Å². The van der Waals surface area contributed by atoms with E-state index in [1.807, 2.05) is 54.3 Å². The number of anilines is 2. The first-order chi connectivity index (χ1) is 11.6. The molecular weight excluding hydrogens is 304 g/mol. The van der Waals surface area contributed by atoms with Crippen LogP contribution in [0.3, 0.4) is 0 Å². The van der Waals surface area contributed by atoms with Crippen molar-refractivity contribution in [2.45, 2.75) is 32.4 Å². The summed E-state index contributed by atoms with van der Waals surface area (Å²) in [7, 11) is 0. The van der Waals surface area contributed by atoms with Crippen molar-refractivity contribution >= 4 is 23.1 Å². The van der Waals surface area contributed by atoms with E-state index in [-0.39, 0.29) is 18.0 Å². The first-order valence-corrected chi connectivity index (χ1v) is 7.97. The highest BCUT2D eigenvalue weighted by Gasteiger charge is 2.38. The van der Waals surface area contributed by atoms with Crippen LogP contribution in [0, 0.1) is 6.92 Å². The summed E-state index contributed by atoms with van der Waals surface area (Å²) in [5, 5.41) is 15.7. The van der Waals surface area contributed by atoms with E-state index < -0.39 is 0 Å². The lowest BCUT2D eigenvalue weighted by atomic mass is 10.2. The molecule has 0 aliphatic carbocycles. The summed E-state index contributed by atoms with van der Waals surface area (Å²) >= 11 is 0. The van der Waals surface area contributed by atoms with Gasteiger partial charge in [0, 0.05) is 11.7 Å². The minimum atomic E-state index is -0.290. The van der Waals surface area contributed by atoms with Crippen LogP contribution in [-0.4, -0.2) is 37.8 Å². The minimum Gasteiger partial charge on any atom is -0.357 e. The lowest BCUT2D eigenvalue weighted by Crippen LogP contribution is -2.35. The Balaban J connectivity index is 1.58. The molecule has 1 N–H and O–H groups in total. The summed E-state index contributed by atoms with van der Waals surface area (Å²) in [5.41, 5.74) is 1.62. The van der Waals surface area contributed by atoms with Crippen molar-refractivity contribution in [3.63, 3.8) is 0 Å². The fourth-order valence-electron chi connectivity index (χ4n) is 3.18. The van der Waals surface area contributed by atoms with E-state index in [0.29, 0.717) is 17.3 Å². The molecule has 1 saturated heterocycles. The normalized spacial score (nSPS) is 20.8. The van der Waals surface area contributed by atoms with E-state index in [1.54, 1.807) is 4.52 Å². The third-order valence-electron chi connectivity index (χ3n) is 4.33. The number of carbonyl (C=O) groups is 1. The number of fused-ring (bicyclic) bond motifs is 1. The molecule has 0 spiro atoms. The Morgan fingerprint density at radius 2 is 1.92 bits per heavy atom. The summed E-state index contributed by atoms with van der Waals surface area (Å²) in [6.07, 6.45) is 0.731. The zero-order valence-corrected chi connectivity index (χ0v) is 13.5. The first kappa shape index (κ1) is 14.6. The third kappa shape index (κ3) is 2.38. The van der Waals surface area contributed by atoms with Gasteiger partial charge in [-0.3, -0.25) is 4.79 Å². The summed E-state index contributed by atoms with van der Waals surface area (Å²) in [6, 6.07) is 13.3. The molecule has 0 bridgehead atoms. The number of para-hydroxylation sites is 1. The van der Waals surface area contributed by atoms with Gasteiger partial charge in [0.2, 0.25) is 5.91 Å². The summed E-state index contributed by atoms with van der Waals surface area (Å²) < 4.78 is 1.67. The highest BCUT2D eigenvalue weighted by molar-refractivity contribution is 6.01. The van der Waals surface area contributed by atoms with E-state index in [9.17, 15) is 4.79 Å². The molecular formula is C17H18N6O. The van der Waals surface area contributed by atoms with Crippen molar-refractivity contribution in [1.29, 1.82) is 0 Å². The summed E-state index contributed by atoms with van der Waals surface area (Å²) in [5.74, 6) is 1.42. The molecule has 0 saturated carbocycles. The molecule has 7 nitrogen and oxygen atoms in total. The van der Waals surface area contributed by atoms with Gasteiger partial charge in [0.15, 0.2) is 11.5 Å². The Morgan fingerprint density at radius 3 is 2.71 bits per heavy atom. The largest absolute Gasteiger partial charge is 0.357 e. The lowest BCUT2D eigenvalue weighted by molar-refractivity contribution is -0.117. The van der Waals surface area contributed by atoms with Crippen molar-refractivity contribution < 1.29 is 4.79 Å². The van der Waals surface area contributed by atoms with Crippen LogP contribution >= 0.6 is 0 Å². The zero-order valence-electron chi connectivity index (χ0n) is 13.5. The second kappa shape index (κ2) is 5.59. The third-order valence-corrected chi connectivity index (χ3v) is 4.33. The number of hydrogen-bond donors (Lipinski definition) is 1. The predicted octanol–water partition coefficient (Wildman–Crippen LogP) is 2.04. The molecule has 1 aliphatic rings. The van der Waals surface area contributed by atoms with Gasteiger partial charge < -0.3 is 10.2 Å². The maximum Gasteiger partial charge on any atom is 0.249 e. The molecule has 122 valence electrons. The van der Waals surface area contributed by atoms with E-state index in [0.717, 1.165) is 12.1 Å². The van der Waals surface area contributed by atoms with Crippen molar-refractivity contribution in [2.24, 2.45) is 0 Å². The van der Waals surface area contributed by atoms with Crippen molar-refractivity contribution in [3.8, 4) is 0 Å². The molecule has 1 amide bonds. The first-order valence-electron chi connectivity index (χ1n) is 7.97. The number of aryl methyl sites for hydroxylation is 1. The van der Waals surface area contributed by atoms with Crippen LogP contribution in [0.1, 0.15) is 19.2 Å². The molecule has 3 heterocycles. The topological polar surface area (TPSA) is 75.4 Å². The van der Waals surface area contributed by atoms with Gasteiger partial charge in [0.25, 0.3) is 0 Å². The molecule has 1 aromatic carbocycles. The maximum atomic E-state index is 12.8. The molecule has 7 heteroatoms. The van der Waals surface area contributed by atoms with Crippen molar-refractivity contribution in [1.82, 2.24) is 19.8 Å². The quantitative estimate of drug-likeness (QED) is 0.798. The van der Waals surface area contributed by atoms with Crippen LogP contribution in [0.4, 0.5) is 11.5 Å². The molecule has 3 aromatic rings. The Hall–Kier alpha value is -2.96. The number of nitrogens with one attached hydrogen (secondary N) is 1. The van der Waals surface area contributed by atoms with Crippen LogP contribution < -0.4 is 10.2 Å². The maximum absolute atomic E-state index is 12.8. The Bertz CT molecular complexity index is 890. The van der Waals surface area contributed by atoms with E-state index in [4.69, 9.17) is 0 Å². The van der Waals surface area contributed by atoms with Crippen LogP contribution in [0.25, 0.3) is 5.65 Å². The van der Waals surface area contributed by atoms with E-state index in [2.05, 4.69) is 27.5 Å². The predicted molar refractivity (Wildman–Crippen MR) is 90.9 cm³/mol. The Labute approximate surface area is 139 Å². The molecule has 4 rings (SSSR count). The van der Waals surface area contributed by atoms with Crippen LogP contribution in [0.15, 0.2) is 42.5 Å². The number of benzene rings is 1. The standard InChI is InChI=1S/C17H18N6O/c1-11-10-14(17(24)22(11)13-6-4-3-5-7-13)18-15-8-9-16-20-19-12(2)23(16)21-15/h3-9,11,14H,10H2,1-2H3,(H,18,21)/t11-,14+/m1/s1. The zero-order chi connectivity index (χ0) is 16.7. The molecule has 0 unspecified atom stereocenters. The van der Waals surface area contributed by atoms with Crippen molar-refractivity contribution in [3.05, 3.63) is 48.3 Å². The lowest BCUT2D eigenvalue weighted by Gasteiger charge is -2.21. The molecule has 2 aromatic heterocycles. The SMILES string of the molecule is Cc1nnc2ccc(N[C@H]3C[C@@H](C)N(c4ccccc4)C3=O)nn12. The van der Waals surface area contributed by atoms with Gasteiger partial charge in [0.1, 0.15) is 11.9 Å². The Kier molecular flexibility index (Phi) is 3.41. The number of carbonyl (C=O) groups excluding carboxylic acids is 1. The second-order valence-electron chi connectivity index (χ2n) is 6.06. The molecule has 24 heavy (non-hydrogen) atoms. The minimum absolute atomic E-state index is 0.0658. The number of rotatable bonds is 3. The van der Waals surface area contributed by atoms with E-state index in [1.165, 1.54) is 0 Å². The highest BCUT2D eigenvalue weighted by Crippen LogP contribution is 2.28. The summed E-state index contributed by atoms with van der Waals surface area (Å²) in [6.45, 7) is 3.91. The van der Waals surface area contributed by atoms with Crippen LogP contribution in [0.5, 0.6) is 0 Å². The smallest absolute Gasteiger partial charge is 0.249 e. The van der Waals surface area contributed by atoms with Crippen LogP contribution in [0.2, 0.25) is 0 Å². The van der Waals surface area contributed by atoms with Gasteiger partial charge in [-0.2, -0.15) is 4.52 Å². The van der Waals surface area contributed by atoms with E-state index >= 15 is 0 Å². The van der Waals surface area contributed by atoms with Gasteiger partial charge >= 0.3 is 0 Å². The number of amides is 1. The van der Waals surface area contributed by atoms with Crippen LogP contribution in [-0.2, 0) is 4.79 Å². The van der Waals surface area contributed by atoms with Gasteiger partial charge in [-0.15, -0.1) is 15.3 Å². The van der Waals surface area contributed by atoms with Gasteiger partial charge in [-0.1, -0.05) is 18.2 Å². The molecule has 1 aliphatic heterocycles. The number of nitrogens with zero attached hydrogens (tertiary/aromatic N) is 5. The fourth-order valence-corrected chi connectivity index (χ4v) is 3.18. The van der Waals surface area contributed by atoms with Gasteiger partial charge in [-0.25, -0.2) is 0 Å². The molecule has 2 atom stereocenters. The second-order valence-corrected chi connectivity index (χ2v) is 6.06. The molecule has 0 radical (unpaired) electrons. The Morgan fingerprint density at radius 1 is 1.12 bits per heavy atom. The number of aromatic nitrogens is 4. The van der Waals surface area contributed by atoms with Crippen molar-refractivity contribution in [2.75, 3.05) is 10.2 Å². The molecule has 1 fully saturated rings. The fraction of sp³-hybridized carbons (Fsp3) is 0.294. The van der Waals surface area contributed by atoms with Gasteiger partial charge in [0.05, 0.1) is 0 Å². The highest BCUT2D eigenvalue weighted by atomic mass is 16.2. The number of hydrogen-bond acceptors (Lipinski definition) is 5. The monoisotopic (exact) mass is 322 g/mol. The average Bonchev–Trinajstić information content (AvgIpc) is 3.09.